The molecular formula is C9H12O2S. The summed E-state index contributed by atoms with van der Waals surface area (Å²) in [4.78, 5) is 0.763. The van der Waals surface area contributed by atoms with Crippen LogP contribution in [-0.4, -0.2) is 10.8 Å². The van der Waals surface area contributed by atoms with E-state index in [0.717, 1.165) is 10.5 Å². The predicted octanol–water partition coefficient (Wildman–Crippen LogP) is 2.05. The molecule has 0 aliphatic rings. The molecule has 0 N–H and O–H groups in total. The molecule has 1 atom stereocenters. The van der Waals surface area contributed by atoms with Crippen molar-refractivity contribution in [2.24, 2.45) is 0 Å². The van der Waals surface area contributed by atoms with E-state index in [2.05, 4.69) is 0 Å². The molecule has 0 aromatic heterocycles. The fourth-order valence-corrected chi connectivity index (χ4v) is 1.78. The highest BCUT2D eigenvalue weighted by molar-refractivity contribution is 7.80. The van der Waals surface area contributed by atoms with Crippen LogP contribution in [0.4, 0.5) is 0 Å². The normalized spacial score (nSPS) is 12.8. The second-order valence-corrected chi connectivity index (χ2v) is 3.55. The molecule has 1 unspecified atom stereocenters. The summed E-state index contributed by atoms with van der Waals surface area (Å²) in [5.41, 5.74) is 1.00. The first-order chi connectivity index (χ1) is 5.75. The van der Waals surface area contributed by atoms with Gasteiger partial charge in [-0.3, -0.25) is 4.18 Å². The molecule has 0 fully saturated rings. The Morgan fingerprint density at radius 3 is 2.67 bits per heavy atom. The minimum Gasteiger partial charge on any atom is -0.287 e. The summed E-state index contributed by atoms with van der Waals surface area (Å²) in [6.45, 7) is 4.23. The van der Waals surface area contributed by atoms with E-state index in [4.69, 9.17) is 4.18 Å². The zero-order valence-electron chi connectivity index (χ0n) is 7.24. The largest absolute Gasteiger partial charge is 0.287 e. The minimum atomic E-state index is -1.30. The molecule has 0 bridgehead atoms. The maximum absolute atomic E-state index is 11.4. The quantitative estimate of drug-likeness (QED) is 0.718. The lowest BCUT2D eigenvalue weighted by molar-refractivity contribution is 0.371. The number of hydrogen-bond acceptors (Lipinski definition) is 2. The molecule has 1 rings (SSSR count). The molecule has 0 amide bonds. The second-order valence-electron chi connectivity index (χ2n) is 2.41. The Hall–Kier alpha value is -0.670. The minimum absolute atomic E-state index is 0.473. The van der Waals surface area contributed by atoms with Crippen molar-refractivity contribution in [1.82, 2.24) is 0 Å². The SMILES string of the molecule is CCOS(=O)c1ccccc1C. The van der Waals surface area contributed by atoms with Crippen LogP contribution < -0.4 is 0 Å². The molecule has 66 valence electrons. The van der Waals surface area contributed by atoms with Crippen LogP contribution in [0.3, 0.4) is 0 Å². The molecule has 12 heavy (non-hydrogen) atoms. The summed E-state index contributed by atoms with van der Waals surface area (Å²) in [5, 5.41) is 0. The van der Waals surface area contributed by atoms with Crippen molar-refractivity contribution < 1.29 is 8.39 Å². The van der Waals surface area contributed by atoms with E-state index < -0.39 is 11.1 Å². The molecule has 1 aromatic carbocycles. The smallest absolute Gasteiger partial charge is 0.189 e. The fraction of sp³-hybridized carbons (Fsp3) is 0.333. The average Bonchev–Trinajstić information content (AvgIpc) is 2.05. The van der Waals surface area contributed by atoms with Crippen molar-refractivity contribution in [1.29, 1.82) is 0 Å². The Kier molecular flexibility index (Phi) is 3.44. The van der Waals surface area contributed by atoms with Gasteiger partial charge in [0.25, 0.3) is 0 Å². The van der Waals surface area contributed by atoms with Gasteiger partial charge in [-0.25, -0.2) is 4.21 Å². The topological polar surface area (TPSA) is 26.3 Å². The van der Waals surface area contributed by atoms with Crippen LogP contribution in [0.25, 0.3) is 0 Å². The van der Waals surface area contributed by atoms with E-state index in [0.29, 0.717) is 6.61 Å². The summed E-state index contributed by atoms with van der Waals surface area (Å²) in [5.74, 6) is 0. The van der Waals surface area contributed by atoms with Gasteiger partial charge in [-0.2, -0.15) is 0 Å². The van der Waals surface area contributed by atoms with Gasteiger partial charge in [0, 0.05) is 0 Å². The van der Waals surface area contributed by atoms with Crippen molar-refractivity contribution >= 4 is 11.1 Å². The summed E-state index contributed by atoms with van der Waals surface area (Å²) in [7, 11) is 0. The van der Waals surface area contributed by atoms with E-state index in [1.807, 2.05) is 38.1 Å². The Morgan fingerprint density at radius 1 is 1.42 bits per heavy atom. The molecule has 2 nitrogen and oxygen atoms in total. The number of aryl methyl sites for hydroxylation is 1. The molecule has 0 aliphatic heterocycles. The van der Waals surface area contributed by atoms with Crippen LogP contribution in [0, 0.1) is 6.92 Å². The first-order valence-corrected chi connectivity index (χ1v) is 4.94. The molecular weight excluding hydrogens is 172 g/mol. The van der Waals surface area contributed by atoms with E-state index in [9.17, 15) is 4.21 Å². The fourth-order valence-electron chi connectivity index (χ4n) is 0.914. The number of benzene rings is 1. The van der Waals surface area contributed by atoms with Crippen LogP contribution in [0.2, 0.25) is 0 Å². The summed E-state index contributed by atoms with van der Waals surface area (Å²) >= 11 is -1.30. The van der Waals surface area contributed by atoms with Gasteiger partial charge >= 0.3 is 0 Å². The molecule has 3 heteroatoms. The number of hydrogen-bond donors (Lipinski definition) is 0. The van der Waals surface area contributed by atoms with Crippen molar-refractivity contribution in [2.75, 3.05) is 6.61 Å². The average molecular weight is 184 g/mol. The van der Waals surface area contributed by atoms with Crippen LogP contribution in [-0.2, 0) is 15.3 Å². The first-order valence-electron chi connectivity index (χ1n) is 3.86. The van der Waals surface area contributed by atoms with Crippen molar-refractivity contribution in [3.05, 3.63) is 29.8 Å². The second kappa shape index (κ2) is 4.38. The highest BCUT2D eigenvalue weighted by atomic mass is 32.2. The van der Waals surface area contributed by atoms with Gasteiger partial charge < -0.3 is 0 Å². The predicted molar refractivity (Wildman–Crippen MR) is 49.2 cm³/mol. The van der Waals surface area contributed by atoms with E-state index in [1.165, 1.54) is 0 Å². The zero-order valence-corrected chi connectivity index (χ0v) is 8.06. The third-order valence-electron chi connectivity index (χ3n) is 1.50. The number of rotatable bonds is 3. The Labute approximate surface area is 75.2 Å². The third kappa shape index (κ3) is 2.16. The van der Waals surface area contributed by atoms with Crippen molar-refractivity contribution in [2.45, 2.75) is 18.7 Å². The standard InChI is InChI=1S/C9H12O2S/c1-3-11-12(10)9-7-5-4-6-8(9)2/h4-7H,3H2,1-2H3. The lowest BCUT2D eigenvalue weighted by Gasteiger charge is -2.03. The first kappa shape index (κ1) is 9.42. The maximum atomic E-state index is 11.4. The van der Waals surface area contributed by atoms with Gasteiger partial charge in [-0.15, -0.1) is 0 Å². The van der Waals surface area contributed by atoms with E-state index in [1.54, 1.807) is 0 Å². The summed E-state index contributed by atoms with van der Waals surface area (Å²) in [6, 6.07) is 7.52. The van der Waals surface area contributed by atoms with Gasteiger partial charge in [0.05, 0.1) is 11.5 Å². The van der Waals surface area contributed by atoms with Crippen molar-refractivity contribution in [3.8, 4) is 0 Å². The van der Waals surface area contributed by atoms with Crippen LogP contribution in [0.1, 0.15) is 12.5 Å². The Bertz CT molecular complexity index is 284. The van der Waals surface area contributed by atoms with Crippen molar-refractivity contribution in [3.63, 3.8) is 0 Å². The third-order valence-corrected chi connectivity index (χ3v) is 2.76. The summed E-state index contributed by atoms with van der Waals surface area (Å²) in [6.07, 6.45) is 0. The molecule has 1 aromatic rings. The van der Waals surface area contributed by atoms with Gasteiger partial charge in [0.1, 0.15) is 0 Å². The maximum Gasteiger partial charge on any atom is 0.189 e. The molecule has 0 saturated carbocycles. The van der Waals surface area contributed by atoms with E-state index in [-0.39, 0.29) is 0 Å². The van der Waals surface area contributed by atoms with Gasteiger partial charge in [-0.1, -0.05) is 18.2 Å². The van der Waals surface area contributed by atoms with Crippen LogP contribution >= 0.6 is 0 Å². The molecule has 0 spiro atoms. The Morgan fingerprint density at radius 2 is 2.08 bits per heavy atom. The van der Waals surface area contributed by atoms with E-state index >= 15 is 0 Å². The highest BCUT2D eigenvalue weighted by Crippen LogP contribution is 2.12. The van der Waals surface area contributed by atoms with Crippen LogP contribution in [0.5, 0.6) is 0 Å². The lowest BCUT2D eigenvalue weighted by Crippen LogP contribution is -1.98. The van der Waals surface area contributed by atoms with Gasteiger partial charge in [-0.05, 0) is 25.5 Å². The monoisotopic (exact) mass is 184 g/mol. The molecule has 0 saturated heterocycles. The van der Waals surface area contributed by atoms with Crippen LogP contribution in [0.15, 0.2) is 29.2 Å². The summed E-state index contributed by atoms with van der Waals surface area (Å²) < 4.78 is 16.3. The lowest BCUT2D eigenvalue weighted by atomic mass is 10.2. The van der Waals surface area contributed by atoms with Gasteiger partial charge in [0.15, 0.2) is 11.1 Å². The van der Waals surface area contributed by atoms with Gasteiger partial charge in [0.2, 0.25) is 0 Å². The highest BCUT2D eigenvalue weighted by Gasteiger charge is 2.05. The zero-order chi connectivity index (χ0) is 8.97. The molecule has 0 heterocycles. The Balaban J connectivity index is 2.87. The molecule has 0 aliphatic carbocycles. The molecule has 0 radical (unpaired) electrons.